The van der Waals surface area contributed by atoms with E-state index in [0.29, 0.717) is 6.42 Å². The van der Waals surface area contributed by atoms with Gasteiger partial charge in [-0.2, -0.15) is 0 Å². The fourth-order valence-electron chi connectivity index (χ4n) is 2.58. The highest BCUT2D eigenvalue weighted by Crippen LogP contribution is 2.19. The molecule has 1 fully saturated rings. The van der Waals surface area contributed by atoms with Gasteiger partial charge >= 0.3 is 6.03 Å². The van der Waals surface area contributed by atoms with Crippen LogP contribution in [0.5, 0.6) is 0 Å². The summed E-state index contributed by atoms with van der Waals surface area (Å²) in [5.74, 6) is -3.13. The van der Waals surface area contributed by atoms with Crippen LogP contribution in [0.1, 0.15) is 58.3 Å². The number of hydrogen-bond acceptors (Lipinski definition) is 4. The van der Waals surface area contributed by atoms with E-state index < -0.39 is 23.8 Å². The fraction of sp³-hybridized carbons (Fsp3) is 0.750. The molecule has 22 heavy (non-hydrogen) atoms. The Kier molecular flexibility index (Phi) is 7.21. The minimum Gasteiger partial charge on any atom is -0.298 e. The summed E-state index contributed by atoms with van der Waals surface area (Å²) in [6.07, 6.45) is 7.69. The SMILES string of the molecule is CCCCCCCCCC(=O)C1C(=O)N(C)C(=O)N(C)C1=O. The Morgan fingerprint density at radius 2 is 1.32 bits per heavy atom. The van der Waals surface area contributed by atoms with Crippen LogP contribution in [0.4, 0.5) is 4.79 Å². The lowest BCUT2D eigenvalue weighted by Crippen LogP contribution is -2.58. The number of carbonyl (C=O) groups is 4. The van der Waals surface area contributed by atoms with Crippen LogP contribution < -0.4 is 0 Å². The topological polar surface area (TPSA) is 74.8 Å². The van der Waals surface area contributed by atoms with E-state index in [0.717, 1.165) is 29.1 Å². The van der Waals surface area contributed by atoms with E-state index in [1.165, 1.54) is 33.4 Å². The molecule has 6 nitrogen and oxygen atoms in total. The number of urea groups is 1. The van der Waals surface area contributed by atoms with Gasteiger partial charge in [0.1, 0.15) is 0 Å². The number of barbiturate groups is 1. The molecule has 0 aromatic rings. The molecule has 0 aromatic heterocycles. The van der Waals surface area contributed by atoms with Gasteiger partial charge < -0.3 is 0 Å². The van der Waals surface area contributed by atoms with Crippen LogP contribution in [0.15, 0.2) is 0 Å². The fourth-order valence-corrected chi connectivity index (χ4v) is 2.58. The van der Waals surface area contributed by atoms with E-state index in [4.69, 9.17) is 0 Å². The summed E-state index contributed by atoms with van der Waals surface area (Å²) in [6.45, 7) is 2.16. The number of amides is 4. The summed E-state index contributed by atoms with van der Waals surface area (Å²) < 4.78 is 0. The van der Waals surface area contributed by atoms with Crippen molar-refractivity contribution < 1.29 is 19.2 Å². The highest BCUT2D eigenvalue weighted by Gasteiger charge is 2.45. The first-order chi connectivity index (χ1) is 10.4. The zero-order valence-corrected chi connectivity index (χ0v) is 13.8. The second kappa shape index (κ2) is 8.66. The molecule has 0 saturated carbocycles. The van der Waals surface area contributed by atoms with Gasteiger partial charge in [0.25, 0.3) is 11.8 Å². The van der Waals surface area contributed by atoms with Crippen LogP contribution in [-0.4, -0.2) is 47.5 Å². The van der Waals surface area contributed by atoms with Crippen LogP contribution in [0.2, 0.25) is 0 Å². The molecule has 0 aliphatic carbocycles. The Morgan fingerprint density at radius 3 is 1.82 bits per heavy atom. The van der Waals surface area contributed by atoms with Crippen molar-refractivity contribution in [3.05, 3.63) is 0 Å². The van der Waals surface area contributed by atoms with Crippen LogP contribution >= 0.6 is 0 Å². The Balaban J connectivity index is 2.42. The largest absolute Gasteiger partial charge is 0.332 e. The smallest absolute Gasteiger partial charge is 0.298 e. The first kappa shape index (κ1) is 18.3. The van der Waals surface area contributed by atoms with Crippen molar-refractivity contribution in [2.75, 3.05) is 14.1 Å². The van der Waals surface area contributed by atoms with Gasteiger partial charge in [0, 0.05) is 20.5 Å². The second-order valence-corrected chi connectivity index (χ2v) is 5.85. The third-order valence-corrected chi connectivity index (χ3v) is 4.08. The van der Waals surface area contributed by atoms with E-state index in [1.807, 2.05) is 0 Å². The lowest BCUT2D eigenvalue weighted by atomic mass is 9.94. The number of rotatable bonds is 9. The lowest BCUT2D eigenvalue weighted by Gasteiger charge is -2.32. The van der Waals surface area contributed by atoms with Gasteiger partial charge in [-0.3, -0.25) is 24.2 Å². The maximum absolute atomic E-state index is 12.1. The molecular weight excluding hydrogens is 284 g/mol. The maximum Gasteiger partial charge on any atom is 0.332 e. The average molecular weight is 310 g/mol. The van der Waals surface area contributed by atoms with Crippen LogP contribution in [0.3, 0.4) is 0 Å². The summed E-state index contributed by atoms with van der Waals surface area (Å²) in [5.41, 5.74) is 0. The van der Waals surface area contributed by atoms with Crippen molar-refractivity contribution in [3.8, 4) is 0 Å². The first-order valence-corrected chi connectivity index (χ1v) is 8.03. The standard InChI is InChI=1S/C16H26N2O4/c1-4-5-6-7-8-9-10-11-12(19)13-14(20)17(2)16(22)18(3)15(13)21/h13H,4-11H2,1-3H3. The van der Waals surface area contributed by atoms with Crippen molar-refractivity contribution in [2.45, 2.75) is 58.3 Å². The predicted octanol–water partition coefficient (Wildman–Crippen LogP) is 2.36. The number of imide groups is 2. The van der Waals surface area contributed by atoms with Crippen molar-refractivity contribution >= 4 is 23.6 Å². The van der Waals surface area contributed by atoms with Gasteiger partial charge in [0.15, 0.2) is 11.7 Å². The average Bonchev–Trinajstić information content (AvgIpc) is 2.50. The van der Waals surface area contributed by atoms with Crippen LogP contribution in [0, 0.1) is 5.92 Å². The van der Waals surface area contributed by atoms with E-state index >= 15 is 0 Å². The van der Waals surface area contributed by atoms with Crippen molar-refractivity contribution in [3.63, 3.8) is 0 Å². The normalized spacial score (nSPS) is 16.6. The molecule has 0 atom stereocenters. The molecule has 4 amide bonds. The van der Waals surface area contributed by atoms with Gasteiger partial charge in [-0.15, -0.1) is 0 Å². The minimum atomic E-state index is -1.34. The van der Waals surface area contributed by atoms with Crippen molar-refractivity contribution in [2.24, 2.45) is 5.92 Å². The molecule has 1 rings (SSSR count). The number of Topliss-reactive ketones (excluding diaryl/α,β-unsaturated/α-hetero) is 1. The zero-order valence-electron chi connectivity index (χ0n) is 13.8. The van der Waals surface area contributed by atoms with Gasteiger partial charge in [0.2, 0.25) is 0 Å². The molecular formula is C16H26N2O4. The van der Waals surface area contributed by atoms with Gasteiger partial charge in [0.05, 0.1) is 0 Å². The number of nitrogens with zero attached hydrogens (tertiary/aromatic N) is 2. The lowest BCUT2D eigenvalue weighted by molar-refractivity contribution is -0.151. The van der Waals surface area contributed by atoms with Crippen molar-refractivity contribution in [1.82, 2.24) is 9.80 Å². The number of unbranched alkanes of at least 4 members (excludes halogenated alkanes) is 6. The van der Waals surface area contributed by atoms with Crippen LogP contribution in [-0.2, 0) is 14.4 Å². The quantitative estimate of drug-likeness (QED) is 0.484. The Labute approximate surface area is 131 Å². The molecule has 1 aliphatic rings. The zero-order chi connectivity index (χ0) is 16.7. The van der Waals surface area contributed by atoms with Gasteiger partial charge in [-0.25, -0.2) is 4.79 Å². The van der Waals surface area contributed by atoms with E-state index in [2.05, 4.69) is 6.92 Å². The first-order valence-electron chi connectivity index (χ1n) is 8.03. The number of hydrogen-bond donors (Lipinski definition) is 0. The van der Waals surface area contributed by atoms with E-state index in [9.17, 15) is 19.2 Å². The highest BCUT2D eigenvalue weighted by molar-refractivity contribution is 6.26. The Bertz CT molecular complexity index is 423. The monoisotopic (exact) mass is 310 g/mol. The van der Waals surface area contributed by atoms with Gasteiger partial charge in [-0.05, 0) is 6.42 Å². The number of ketones is 1. The van der Waals surface area contributed by atoms with Crippen LogP contribution in [0.25, 0.3) is 0 Å². The Morgan fingerprint density at radius 1 is 0.864 bits per heavy atom. The molecule has 1 heterocycles. The molecule has 0 aromatic carbocycles. The summed E-state index contributed by atoms with van der Waals surface area (Å²) in [5, 5.41) is 0. The third-order valence-electron chi connectivity index (χ3n) is 4.08. The van der Waals surface area contributed by atoms with E-state index in [1.54, 1.807) is 0 Å². The Hall–Kier alpha value is -1.72. The molecule has 1 saturated heterocycles. The van der Waals surface area contributed by atoms with Crippen molar-refractivity contribution in [1.29, 1.82) is 0 Å². The molecule has 0 spiro atoms. The maximum atomic E-state index is 12.1. The molecule has 0 radical (unpaired) electrons. The van der Waals surface area contributed by atoms with E-state index in [-0.39, 0.29) is 12.2 Å². The summed E-state index contributed by atoms with van der Waals surface area (Å²) in [7, 11) is 2.59. The molecule has 0 bridgehead atoms. The molecule has 124 valence electrons. The third kappa shape index (κ3) is 4.39. The highest BCUT2D eigenvalue weighted by atomic mass is 16.2. The second-order valence-electron chi connectivity index (χ2n) is 5.85. The number of carbonyl (C=O) groups excluding carboxylic acids is 4. The summed E-state index contributed by atoms with van der Waals surface area (Å²) in [4.78, 5) is 49.4. The summed E-state index contributed by atoms with van der Waals surface area (Å²) in [6, 6.07) is -0.685. The predicted molar refractivity (Wildman–Crippen MR) is 82.0 cm³/mol. The molecule has 1 aliphatic heterocycles. The summed E-state index contributed by atoms with van der Waals surface area (Å²) >= 11 is 0. The van der Waals surface area contributed by atoms with Gasteiger partial charge in [-0.1, -0.05) is 45.4 Å². The molecule has 0 unspecified atom stereocenters. The molecule has 6 heteroatoms. The minimum absolute atomic E-state index is 0.214. The molecule has 0 N–H and O–H groups in total.